The topological polar surface area (TPSA) is 51.8 Å². The highest BCUT2D eigenvalue weighted by Crippen LogP contribution is 2.23. The summed E-state index contributed by atoms with van der Waals surface area (Å²) in [4.78, 5) is 8.14. The van der Waals surface area contributed by atoms with Gasteiger partial charge in [-0.2, -0.15) is 0 Å². The first-order valence-corrected chi connectivity index (χ1v) is 5.36. The van der Waals surface area contributed by atoms with E-state index in [1.807, 2.05) is 32.0 Å². The van der Waals surface area contributed by atoms with Gasteiger partial charge in [-0.3, -0.25) is 0 Å². The van der Waals surface area contributed by atoms with Gasteiger partial charge in [0.15, 0.2) is 17.5 Å². The molecule has 2 rings (SSSR count). The second kappa shape index (κ2) is 4.13. The van der Waals surface area contributed by atoms with Crippen LogP contribution in [-0.2, 0) is 0 Å². The number of anilines is 1. The van der Waals surface area contributed by atoms with E-state index in [9.17, 15) is 4.39 Å². The first-order chi connectivity index (χ1) is 7.99. The summed E-state index contributed by atoms with van der Waals surface area (Å²) in [6.45, 7) is 5.54. The second-order valence-corrected chi connectivity index (χ2v) is 4.15. The molecule has 0 atom stereocenters. The van der Waals surface area contributed by atoms with Crippen molar-refractivity contribution in [2.45, 2.75) is 20.8 Å². The molecule has 0 saturated carbocycles. The fourth-order valence-electron chi connectivity index (χ4n) is 1.68. The molecule has 1 aromatic carbocycles. The molecule has 0 saturated heterocycles. The van der Waals surface area contributed by atoms with E-state index in [1.54, 1.807) is 6.92 Å². The molecule has 88 valence electrons. The molecule has 0 aliphatic rings. The number of aromatic nitrogens is 2. The lowest BCUT2D eigenvalue weighted by atomic mass is 10.1. The Balaban J connectivity index is 2.64. The highest BCUT2D eigenvalue weighted by molar-refractivity contribution is 5.62. The van der Waals surface area contributed by atoms with E-state index in [1.165, 1.54) is 0 Å². The molecule has 0 spiro atoms. The van der Waals surface area contributed by atoms with Gasteiger partial charge in [0.1, 0.15) is 0 Å². The summed E-state index contributed by atoms with van der Waals surface area (Å²) < 4.78 is 13.4. The molecule has 0 fully saturated rings. The van der Waals surface area contributed by atoms with Crippen molar-refractivity contribution in [1.82, 2.24) is 9.97 Å². The first-order valence-electron chi connectivity index (χ1n) is 5.36. The third-order valence-corrected chi connectivity index (χ3v) is 2.68. The number of aryl methyl sites for hydroxylation is 3. The fourth-order valence-corrected chi connectivity index (χ4v) is 1.68. The summed E-state index contributed by atoms with van der Waals surface area (Å²) in [5.41, 5.74) is 8.83. The minimum atomic E-state index is -0.543. The molecule has 0 unspecified atom stereocenters. The number of hydrogen-bond donors (Lipinski definition) is 1. The lowest BCUT2D eigenvalue weighted by molar-refractivity contribution is 0.608. The van der Waals surface area contributed by atoms with Crippen molar-refractivity contribution in [3.05, 3.63) is 40.8 Å². The number of rotatable bonds is 1. The largest absolute Gasteiger partial charge is 0.381 e. The Bertz CT molecular complexity index is 556. The number of benzene rings is 1. The zero-order valence-corrected chi connectivity index (χ0v) is 10.1. The molecule has 2 aromatic rings. The smallest absolute Gasteiger partial charge is 0.186 e. The van der Waals surface area contributed by atoms with E-state index in [2.05, 4.69) is 9.97 Å². The molecule has 0 aliphatic heterocycles. The van der Waals surface area contributed by atoms with Crippen molar-refractivity contribution in [1.29, 1.82) is 0 Å². The van der Waals surface area contributed by atoms with Crippen LogP contribution in [0, 0.1) is 26.6 Å². The van der Waals surface area contributed by atoms with Crippen molar-refractivity contribution in [3.63, 3.8) is 0 Å². The van der Waals surface area contributed by atoms with Crippen LogP contribution in [0.25, 0.3) is 11.4 Å². The van der Waals surface area contributed by atoms with E-state index in [4.69, 9.17) is 5.73 Å². The number of nitrogens with two attached hydrogens (primary N) is 1. The van der Waals surface area contributed by atoms with Gasteiger partial charge < -0.3 is 5.73 Å². The minimum absolute atomic E-state index is 0.103. The van der Waals surface area contributed by atoms with E-state index in [0.717, 1.165) is 16.7 Å². The summed E-state index contributed by atoms with van der Waals surface area (Å²) in [7, 11) is 0. The van der Waals surface area contributed by atoms with E-state index in [0.29, 0.717) is 5.82 Å². The fraction of sp³-hybridized carbons (Fsp3) is 0.231. The normalized spacial score (nSPS) is 10.6. The molecule has 0 bridgehead atoms. The molecule has 0 amide bonds. The Hall–Kier alpha value is -1.97. The molecule has 17 heavy (non-hydrogen) atoms. The Kier molecular flexibility index (Phi) is 2.79. The third-order valence-electron chi connectivity index (χ3n) is 2.68. The van der Waals surface area contributed by atoms with Gasteiger partial charge in [-0.25, -0.2) is 14.4 Å². The number of nitrogens with zero attached hydrogens (tertiary/aromatic N) is 2. The Labute approximate surface area is 99.5 Å². The van der Waals surface area contributed by atoms with Crippen LogP contribution < -0.4 is 5.73 Å². The quantitative estimate of drug-likeness (QED) is 0.821. The third kappa shape index (κ3) is 2.11. The van der Waals surface area contributed by atoms with Gasteiger partial charge >= 0.3 is 0 Å². The maximum atomic E-state index is 13.4. The van der Waals surface area contributed by atoms with E-state index >= 15 is 0 Å². The zero-order chi connectivity index (χ0) is 12.6. The van der Waals surface area contributed by atoms with Crippen molar-refractivity contribution < 1.29 is 4.39 Å². The van der Waals surface area contributed by atoms with Crippen LogP contribution in [0.2, 0.25) is 0 Å². The van der Waals surface area contributed by atoms with Crippen LogP contribution in [0.4, 0.5) is 10.2 Å². The van der Waals surface area contributed by atoms with Gasteiger partial charge in [0.05, 0.1) is 5.69 Å². The van der Waals surface area contributed by atoms with Crippen LogP contribution in [0.5, 0.6) is 0 Å². The minimum Gasteiger partial charge on any atom is -0.381 e. The lowest BCUT2D eigenvalue weighted by Crippen LogP contribution is -2.03. The molecule has 0 aliphatic carbocycles. The SMILES string of the molecule is Cc1ccc(C)c(-c2nc(C)c(F)c(N)n2)c1. The van der Waals surface area contributed by atoms with Crippen molar-refractivity contribution in [2.75, 3.05) is 5.73 Å². The molecule has 1 heterocycles. The van der Waals surface area contributed by atoms with Gasteiger partial charge in [-0.05, 0) is 32.4 Å². The second-order valence-electron chi connectivity index (χ2n) is 4.15. The van der Waals surface area contributed by atoms with Crippen LogP contribution in [0.1, 0.15) is 16.8 Å². The molecule has 3 nitrogen and oxygen atoms in total. The molecule has 1 aromatic heterocycles. The van der Waals surface area contributed by atoms with Crippen LogP contribution in [-0.4, -0.2) is 9.97 Å². The highest BCUT2D eigenvalue weighted by atomic mass is 19.1. The molecule has 4 heteroatoms. The van der Waals surface area contributed by atoms with Crippen molar-refractivity contribution >= 4 is 5.82 Å². The number of halogens is 1. The van der Waals surface area contributed by atoms with E-state index in [-0.39, 0.29) is 11.5 Å². The Morgan fingerprint density at radius 2 is 1.82 bits per heavy atom. The van der Waals surface area contributed by atoms with Crippen molar-refractivity contribution in [3.8, 4) is 11.4 Å². The van der Waals surface area contributed by atoms with Gasteiger partial charge in [-0.15, -0.1) is 0 Å². The predicted octanol–water partition coefficient (Wildman–Crippen LogP) is 2.79. The van der Waals surface area contributed by atoms with Crippen LogP contribution in [0.15, 0.2) is 18.2 Å². The summed E-state index contributed by atoms with van der Waals surface area (Å²) in [5, 5.41) is 0. The zero-order valence-electron chi connectivity index (χ0n) is 10.1. The maximum Gasteiger partial charge on any atom is 0.186 e. The maximum absolute atomic E-state index is 13.4. The Morgan fingerprint density at radius 3 is 2.47 bits per heavy atom. The van der Waals surface area contributed by atoms with E-state index < -0.39 is 5.82 Å². The number of nitrogen functional groups attached to an aromatic ring is 1. The van der Waals surface area contributed by atoms with Crippen LogP contribution >= 0.6 is 0 Å². The average Bonchev–Trinajstić information content (AvgIpc) is 2.28. The molecular formula is C13H14FN3. The summed E-state index contributed by atoms with van der Waals surface area (Å²) in [5.74, 6) is -0.171. The average molecular weight is 231 g/mol. The summed E-state index contributed by atoms with van der Waals surface area (Å²) in [6, 6.07) is 5.98. The molecular weight excluding hydrogens is 217 g/mol. The molecule has 0 radical (unpaired) electrons. The lowest BCUT2D eigenvalue weighted by Gasteiger charge is -2.08. The van der Waals surface area contributed by atoms with Gasteiger partial charge in [-0.1, -0.05) is 17.7 Å². The Morgan fingerprint density at radius 1 is 1.12 bits per heavy atom. The monoisotopic (exact) mass is 231 g/mol. The van der Waals surface area contributed by atoms with Crippen molar-refractivity contribution in [2.24, 2.45) is 0 Å². The molecule has 2 N–H and O–H groups in total. The first kappa shape index (κ1) is 11.5. The number of hydrogen-bond acceptors (Lipinski definition) is 3. The van der Waals surface area contributed by atoms with Crippen LogP contribution in [0.3, 0.4) is 0 Å². The van der Waals surface area contributed by atoms with Gasteiger partial charge in [0.25, 0.3) is 0 Å². The predicted molar refractivity (Wildman–Crippen MR) is 66.0 cm³/mol. The summed E-state index contributed by atoms with van der Waals surface area (Å²) in [6.07, 6.45) is 0. The van der Waals surface area contributed by atoms with Gasteiger partial charge in [0, 0.05) is 5.56 Å². The summed E-state index contributed by atoms with van der Waals surface area (Å²) >= 11 is 0. The standard InChI is InChI=1S/C13H14FN3/c1-7-4-5-8(2)10(6-7)13-16-9(3)11(14)12(15)17-13/h4-6H,1-3H3,(H2,15,16,17). The van der Waals surface area contributed by atoms with Gasteiger partial charge in [0.2, 0.25) is 0 Å². The highest BCUT2D eigenvalue weighted by Gasteiger charge is 2.11.